The SMILES string of the molecule is C/C(=N\Nc1ccc(S(=O)(=O)Nc2cccc(Cl)c2)cc1[N+](=O)[O-])c1ccc2c(c1)Nc1ccccc1S2. The van der Waals surface area contributed by atoms with Crippen molar-refractivity contribution in [2.75, 3.05) is 15.5 Å². The van der Waals surface area contributed by atoms with Crippen LogP contribution in [0.1, 0.15) is 12.5 Å². The number of nitrogens with zero attached hydrogens (tertiary/aromatic N) is 2. The molecule has 3 N–H and O–H groups in total. The Kier molecular flexibility index (Phi) is 6.98. The molecule has 1 aliphatic heterocycles. The molecular weight excluding hydrogens is 546 g/mol. The molecular formula is C26H20ClN5O4S2. The summed E-state index contributed by atoms with van der Waals surface area (Å²) in [5.74, 6) is 0. The molecule has 38 heavy (non-hydrogen) atoms. The lowest BCUT2D eigenvalue weighted by Crippen LogP contribution is -2.13. The number of nitro groups is 1. The van der Waals surface area contributed by atoms with Gasteiger partial charge < -0.3 is 5.32 Å². The van der Waals surface area contributed by atoms with Crippen LogP contribution in [0.2, 0.25) is 5.02 Å². The first-order valence-corrected chi connectivity index (χ1v) is 13.9. The molecule has 0 bridgehead atoms. The minimum absolute atomic E-state index is 0.0524. The smallest absolute Gasteiger partial charge is 0.295 e. The summed E-state index contributed by atoms with van der Waals surface area (Å²) in [5, 5.41) is 19.8. The van der Waals surface area contributed by atoms with Gasteiger partial charge in [0.2, 0.25) is 0 Å². The number of sulfonamides is 1. The average molecular weight is 566 g/mol. The third-order valence-electron chi connectivity index (χ3n) is 5.67. The highest BCUT2D eigenvalue weighted by atomic mass is 35.5. The molecule has 192 valence electrons. The predicted molar refractivity (Wildman–Crippen MR) is 151 cm³/mol. The number of hydrazone groups is 1. The Bertz CT molecular complexity index is 1710. The van der Waals surface area contributed by atoms with Crippen molar-refractivity contribution >= 4 is 67.5 Å². The zero-order chi connectivity index (χ0) is 26.9. The van der Waals surface area contributed by atoms with E-state index in [1.54, 1.807) is 30.8 Å². The summed E-state index contributed by atoms with van der Waals surface area (Å²) in [6.45, 7) is 1.78. The first-order chi connectivity index (χ1) is 18.2. The highest BCUT2D eigenvalue weighted by Crippen LogP contribution is 2.44. The molecule has 0 unspecified atom stereocenters. The maximum atomic E-state index is 12.8. The van der Waals surface area contributed by atoms with Gasteiger partial charge in [0.15, 0.2) is 0 Å². The zero-order valence-electron chi connectivity index (χ0n) is 19.8. The monoisotopic (exact) mass is 565 g/mol. The van der Waals surface area contributed by atoms with Gasteiger partial charge in [-0.25, -0.2) is 8.42 Å². The maximum absolute atomic E-state index is 12.8. The number of anilines is 4. The van der Waals surface area contributed by atoms with E-state index in [-0.39, 0.29) is 16.3 Å². The second-order valence-corrected chi connectivity index (χ2v) is 11.5. The molecule has 0 amide bonds. The van der Waals surface area contributed by atoms with Gasteiger partial charge in [0, 0.05) is 20.9 Å². The van der Waals surface area contributed by atoms with Crippen molar-refractivity contribution in [1.82, 2.24) is 0 Å². The molecule has 9 nitrogen and oxygen atoms in total. The van der Waals surface area contributed by atoms with E-state index in [0.717, 1.165) is 32.8 Å². The first kappa shape index (κ1) is 25.6. The number of fused-ring (bicyclic) bond motifs is 2. The lowest BCUT2D eigenvalue weighted by atomic mass is 10.1. The second kappa shape index (κ2) is 10.4. The zero-order valence-corrected chi connectivity index (χ0v) is 22.2. The summed E-state index contributed by atoms with van der Waals surface area (Å²) in [7, 11) is -4.09. The molecule has 0 radical (unpaired) electrons. The minimum atomic E-state index is -4.09. The van der Waals surface area contributed by atoms with Gasteiger partial charge in [0.05, 0.1) is 32.6 Å². The molecule has 0 saturated heterocycles. The lowest BCUT2D eigenvalue weighted by molar-refractivity contribution is -0.384. The number of hydrogen-bond donors (Lipinski definition) is 3. The van der Waals surface area contributed by atoms with Crippen LogP contribution in [0.4, 0.5) is 28.4 Å². The van der Waals surface area contributed by atoms with Gasteiger partial charge in [-0.2, -0.15) is 5.10 Å². The summed E-state index contributed by atoms with van der Waals surface area (Å²) in [6, 6.07) is 23.6. The Labute approximate surface area is 228 Å². The fourth-order valence-corrected chi connectivity index (χ4v) is 5.99. The molecule has 4 aromatic rings. The van der Waals surface area contributed by atoms with Crippen molar-refractivity contribution in [3.8, 4) is 0 Å². The van der Waals surface area contributed by atoms with Crippen LogP contribution in [0.15, 0.2) is 105 Å². The third kappa shape index (κ3) is 5.44. The summed E-state index contributed by atoms with van der Waals surface area (Å²) >= 11 is 7.59. The van der Waals surface area contributed by atoms with E-state index in [0.29, 0.717) is 10.7 Å². The van der Waals surface area contributed by atoms with Gasteiger partial charge in [-0.3, -0.25) is 20.3 Å². The van der Waals surface area contributed by atoms with E-state index in [1.165, 1.54) is 24.3 Å². The third-order valence-corrected chi connectivity index (χ3v) is 8.44. The van der Waals surface area contributed by atoms with Gasteiger partial charge in [-0.1, -0.05) is 47.6 Å². The van der Waals surface area contributed by atoms with Crippen molar-refractivity contribution < 1.29 is 13.3 Å². The largest absolute Gasteiger partial charge is 0.354 e. The van der Waals surface area contributed by atoms with Gasteiger partial charge in [0.1, 0.15) is 5.69 Å². The topological polar surface area (TPSA) is 126 Å². The Morgan fingerprint density at radius 1 is 0.974 bits per heavy atom. The molecule has 4 aromatic carbocycles. The first-order valence-electron chi connectivity index (χ1n) is 11.2. The fraction of sp³-hybridized carbons (Fsp3) is 0.0385. The van der Waals surface area contributed by atoms with Gasteiger partial charge in [0.25, 0.3) is 15.7 Å². The molecule has 0 aliphatic carbocycles. The van der Waals surface area contributed by atoms with Gasteiger partial charge in [-0.15, -0.1) is 0 Å². The average Bonchev–Trinajstić information content (AvgIpc) is 2.89. The van der Waals surface area contributed by atoms with Crippen LogP contribution >= 0.6 is 23.4 Å². The van der Waals surface area contributed by atoms with E-state index in [2.05, 4.69) is 26.6 Å². The molecule has 12 heteroatoms. The van der Waals surface area contributed by atoms with Gasteiger partial charge in [-0.05, 0) is 67.1 Å². The Morgan fingerprint density at radius 2 is 1.76 bits per heavy atom. The van der Waals surface area contributed by atoms with E-state index < -0.39 is 20.6 Å². The number of nitro benzene ring substituents is 1. The highest BCUT2D eigenvalue weighted by molar-refractivity contribution is 7.99. The number of halogens is 1. The molecule has 1 heterocycles. The van der Waals surface area contributed by atoms with Crippen LogP contribution in [0.3, 0.4) is 0 Å². The molecule has 5 rings (SSSR count). The van der Waals surface area contributed by atoms with Crippen molar-refractivity contribution in [3.05, 3.63) is 106 Å². The van der Waals surface area contributed by atoms with E-state index in [4.69, 9.17) is 11.6 Å². The van der Waals surface area contributed by atoms with Crippen LogP contribution in [-0.4, -0.2) is 19.1 Å². The standard InChI is InChI=1S/C26H20ClN5O4S2/c1-16(17-9-12-26-23(13-17)28-22-7-2-3-8-25(22)37-26)29-30-21-11-10-20(15-24(21)32(33)34)38(35,36)31-19-6-4-5-18(27)14-19/h2-15,28,30-31H,1H3/b29-16+. The van der Waals surface area contributed by atoms with Crippen LogP contribution in [0.5, 0.6) is 0 Å². The molecule has 0 saturated carbocycles. The van der Waals surface area contributed by atoms with Crippen LogP contribution in [-0.2, 0) is 10.0 Å². The number of hydrogen-bond acceptors (Lipinski definition) is 8. The van der Waals surface area contributed by atoms with Crippen molar-refractivity contribution in [3.63, 3.8) is 0 Å². The van der Waals surface area contributed by atoms with E-state index >= 15 is 0 Å². The molecule has 0 fully saturated rings. The fourth-order valence-electron chi connectivity index (χ4n) is 3.76. The van der Waals surface area contributed by atoms with E-state index in [9.17, 15) is 18.5 Å². The molecule has 0 atom stereocenters. The van der Waals surface area contributed by atoms with Gasteiger partial charge >= 0.3 is 0 Å². The lowest BCUT2D eigenvalue weighted by Gasteiger charge is -2.21. The summed E-state index contributed by atoms with van der Waals surface area (Å²) in [5.41, 5.74) is 5.93. The number of para-hydroxylation sites is 1. The summed E-state index contributed by atoms with van der Waals surface area (Å²) in [6.07, 6.45) is 0. The van der Waals surface area contributed by atoms with Crippen LogP contribution < -0.4 is 15.5 Å². The van der Waals surface area contributed by atoms with E-state index in [1.807, 2.05) is 36.4 Å². The quantitative estimate of drug-likeness (QED) is 0.109. The Morgan fingerprint density at radius 3 is 2.55 bits per heavy atom. The number of nitrogens with one attached hydrogen (secondary N) is 3. The number of benzene rings is 4. The maximum Gasteiger partial charge on any atom is 0.295 e. The van der Waals surface area contributed by atoms with Crippen LogP contribution in [0.25, 0.3) is 0 Å². The Balaban J connectivity index is 1.37. The second-order valence-electron chi connectivity index (χ2n) is 8.30. The summed E-state index contributed by atoms with van der Waals surface area (Å²) < 4.78 is 28.0. The van der Waals surface area contributed by atoms with Crippen LogP contribution in [0, 0.1) is 10.1 Å². The summed E-state index contributed by atoms with van der Waals surface area (Å²) in [4.78, 5) is 13.0. The molecule has 0 spiro atoms. The van der Waals surface area contributed by atoms with Crippen molar-refractivity contribution in [1.29, 1.82) is 0 Å². The number of rotatable bonds is 7. The van der Waals surface area contributed by atoms with Crippen molar-refractivity contribution in [2.24, 2.45) is 5.10 Å². The minimum Gasteiger partial charge on any atom is -0.354 e. The molecule has 0 aromatic heterocycles. The Hall–Kier alpha value is -4.06. The molecule has 1 aliphatic rings. The highest BCUT2D eigenvalue weighted by Gasteiger charge is 2.22. The predicted octanol–water partition coefficient (Wildman–Crippen LogP) is 7.09. The van der Waals surface area contributed by atoms with Crippen molar-refractivity contribution in [2.45, 2.75) is 21.6 Å². The normalized spacial score (nSPS) is 12.6.